The Kier molecular flexibility index (Phi) is 4.86. The standard InChI is InChI=1S/C23H23N3O7/c1-25-20(28)23(31,21(29)26(2)22(25)30)18-15-16(27)13-10-6-7-11-14(13)32-17(15)19(33-18)24-12-8-4-3-5-9-12/h6-7,10-12,18,31H,3-5,8-9H2,1-2H3. The first-order valence-electron chi connectivity index (χ1n) is 10.9. The monoisotopic (exact) mass is 453 g/mol. The van der Waals surface area contributed by atoms with Crippen LogP contribution >= 0.6 is 0 Å². The average molecular weight is 453 g/mol. The summed E-state index contributed by atoms with van der Waals surface area (Å²) in [6.07, 6.45) is 3.04. The normalized spacial score (nSPS) is 24.5. The summed E-state index contributed by atoms with van der Waals surface area (Å²) in [7, 11) is 2.29. The molecule has 2 fully saturated rings. The maximum absolute atomic E-state index is 13.5. The molecule has 1 saturated carbocycles. The number of para-hydroxylation sites is 1. The highest BCUT2D eigenvalue weighted by molar-refractivity contribution is 6.22. The molecule has 1 aromatic carbocycles. The van der Waals surface area contributed by atoms with Crippen LogP contribution in [0.15, 0.2) is 38.5 Å². The smallest absolute Gasteiger partial charge is 0.333 e. The number of hydrogen-bond donors (Lipinski definition) is 1. The second kappa shape index (κ2) is 7.51. The molecule has 1 saturated heterocycles. The second-order valence-corrected chi connectivity index (χ2v) is 8.67. The molecule has 4 amide bonds. The zero-order valence-electron chi connectivity index (χ0n) is 18.2. The first kappa shape index (κ1) is 21.3. The minimum atomic E-state index is -2.84. The summed E-state index contributed by atoms with van der Waals surface area (Å²) in [6.45, 7) is 0. The zero-order chi connectivity index (χ0) is 23.5. The first-order valence-corrected chi connectivity index (χ1v) is 10.9. The summed E-state index contributed by atoms with van der Waals surface area (Å²) in [5, 5.41) is 11.6. The molecule has 1 aromatic heterocycles. The van der Waals surface area contributed by atoms with E-state index in [1.54, 1.807) is 24.3 Å². The Labute approximate surface area is 188 Å². The lowest BCUT2D eigenvalue weighted by Gasteiger charge is -2.40. The molecule has 0 radical (unpaired) electrons. The van der Waals surface area contributed by atoms with Crippen molar-refractivity contribution in [1.29, 1.82) is 0 Å². The Morgan fingerprint density at radius 2 is 1.64 bits per heavy atom. The highest BCUT2D eigenvalue weighted by atomic mass is 16.5. The van der Waals surface area contributed by atoms with Gasteiger partial charge in [0.05, 0.1) is 17.0 Å². The van der Waals surface area contributed by atoms with Crippen LogP contribution in [-0.4, -0.2) is 64.4 Å². The Balaban J connectivity index is 1.72. The van der Waals surface area contributed by atoms with Gasteiger partial charge in [-0.25, -0.2) is 9.79 Å². The molecular weight excluding hydrogens is 430 g/mol. The topological polar surface area (TPSA) is 130 Å². The van der Waals surface area contributed by atoms with Gasteiger partial charge in [-0.05, 0) is 25.0 Å². The van der Waals surface area contributed by atoms with Crippen LogP contribution in [0.25, 0.3) is 11.0 Å². The van der Waals surface area contributed by atoms with E-state index in [0.29, 0.717) is 15.4 Å². The Hall–Kier alpha value is -3.53. The quantitative estimate of drug-likeness (QED) is 0.686. The van der Waals surface area contributed by atoms with E-state index in [9.17, 15) is 24.3 Å². The zero-order valence-corrected chi connectivity index (χ0v) is 18.2. The Bertz CT molecular complexity index is 1250. The first-order chi connectivity index (χ1) is 15.7. The molecule has 0 bridgehead atoms. The minimum absolute atomic E-state index is 0.00879. The van der Waals surface area contributed by atoms with E-state index in [0.717, 1.165) is 46.2 Å². The van der Waals surface area contributed by atoms with Crippen LogP contribution in [0, 0.1) is 0 Å². The fourth-order valence-electron chi connectivity index (χ4n) is 4.76. The van der Waals surface area contributed by atoms with Gasteiger partial charge in [0.2, 0.25) is 5.43 Å². The number of amides is 4. The molecule has 10 nitrogen and oxygen atoms in total. The molecule has 1 aliphatic carbocycles. The Morgan fingerprint density at radius 1 is 1.00 bits per heavy atom. The minimum Gasteiger partial charge on any atom is -0.462 e. The number of fused-ring (bicyclic) bond motifs is 2. The number of imide groups is 2. The fourth-order valence-corrected chi connectivity index (χ4v) is 4.76. The number of carbonyl (C=O) groups is 3. The summed E-state index contributed by atoms with van der Waals surface area (Å²) >= 11 is 0. The molecule has 1 atom stereocenters. The lowest BCUT2D eigenvalue weighted by atomic mass is 9.87. The molecule has 2 aromatic rings. The van der Waals surface area contributed by atoms with Crippen LogP contribution in [-0.2, 0) is 14.3 Å². The van der Waals surface area contributed by atoms with Gasteiger partial charge in [-0.15, -0.1) is 0 Å². The molecule has 33 heavy (non-hydrogen) atoms. The molecule has 3 aliphatic rings. The number of likely N-dealkylation sites (N-methyl/N-ethyl adjacent to an activating group) is 2. The summed E-state index contributed by atoms with van der Waals surface area (Å²) < 4.78 is 11.9. The molecule has 5 rings (SSSR count). The van der Waals surface area contributed by atoms with Crippen LogP contribution in [0.1, 0.15) is 49.5 Å². The van der Waals surface area contributed by atoms with E-state index >= 15 is 0 Å². The molecular formula is C23H23N3O7. The Morgan fingerprint density at radius 3 is 2.30 bits per heavy atom. The van der Waals surface area contributed by atoms with Crippen molar-refractivity contribution in [3.8, 4) is 0 Å². The van der Waals surface area contributed by atoms with Gasteiger partial charge in [-0.3, -0.25) is 24.2 Å². The largest absolute Gasteiger partial charge is 0.462 e. The van der Waals surface area contributed by atoms with E-state index in [-0.39, 0.29) is 28.6 Å². The van der Waals surface area contributed by atoms with Crippen molar-refractivity contribution in [3.63, 3.8) is 0 Å². The van der Waals surface area contributed by atoms with Gasteiger partial charge in [0.1, 0.15) is 5.58 Å². The van der Waals surface area contributed by atoms with Crippen LogP contribution in [0.4, 0.5) is 4.79 Å². The number of urea groups is 1. The van der Waals surface area contributed by atoms with Gasteiger partial charge in [0.15, 0.2) is 11.9 Å². The van der Waals surface area contributed by atoms with Crippen molar-refractivity contribution in [2.45, 2.75) is 49.9 Å². The van der Waals surface area contributed by atoms with E-state index in [2.05, 4.69) is 4.99 Å². The van der Waals surface area contributed by atoms with Gasteiger partial charge in [-0.2, -0.15) is 0 Å². The number of aliphatic imine (C=N–C) groups is 1. The lowest BCUT2D eigenvalue weighted by molar-refractivity contribution is -0.179. The lowest BCUT2D eigenvalue weighted by Crippen LogP contribution is -2.69. The van der Waals surface area contributed by atoms with Crippen molar-refractivity contribution in [3.05, 3.63) is 45.8 Å². The van der Waals surface area contributed by atoms with E-state index in [1.165, 1.54) is 0 Å². The maximum atomic E-state index is 13.5. The summed E-state index contributed by atoms with van der Waals surface area (Å²) in [5.74, 6) is -2.40. The molecule has 3 heterocycles. The second-order valence-electron chi connectivity index (χ2n) is 8.67. The highest BCUT2D eigenvalue weighted by Gasteiger charge is 2.64. The van der Waals surface area contributed by atoms with Gasteiger partial charge in [-0.1, -0.05) is 31.4 Å². The van der Waals surface area contributed by atoms with Gasteiger partial charge in [0, 0.05) is 14.1 Å². The molecule has 1 N–H and O–H groups in total. The summed E-state index contributed by atoms with van der Waals surface area (Å²) in [4.78, 5) is 57.7. The third kappa shape index (κ3) is 3.01. The van der Waals surface area contributed by atoms with Crippen molar-refractivity contribution in [2.75, 3.05) is 14.1 Å². The van der Waals surface area contributed by atoms with Crippen LogP contribution in [0.2, 0.25) is 0 Å². The molecule has 10 heteroatoms. The molecule has 0 spiro atoms. The number of benzene rings is 1. The highest BCUT2D eigenvalue weighted by Crippen LogP contribution is 2.42. The molecule has 2 aliphatic heterocycles. The predicted octanol–water partition coefficient (Wildman–Crippen LogP) is 1.73. The molecule has 1 unspecified atom stereocenters. The summed E-state index contributed by atoms with van der Waals surface area (Å²) in [6, 6.07) is 5.56. The van der Waals surface area contributed by atoms with Crippen molar-refractivity contribution >= 4 is 34.7 Å². The van der Waals surface area contributed by atoms with E-state index in [1.807, 2.05) is 0 Å². The third-order valence-electron chi connectivity index (χ3n) is 6.61. The number of ether oxygens (including phenoxy) is 1. The predicted molar refractivity (Wildman–Crippen MR) is 116 cm³/mol. The number of hydrogen-bond acceptors (Lipinski definition) is 8. The molecule has 172 valence electrons. The van der Waals surface area contributed by atoms with Crippen LogP contribution < -0.4 is 5.43 Å². The third-order valence-corrected chi connectivity index (χ3v) is 6.61. The van der Waals surface area contributed by atoms with E-state index < -0.39 is 35.0 Å². The number of aliphatic hydroxyl groups is 1. The van der Waals surface area contributed by atoms with Crippen LogP contribution in [0.3, 0.4) is 0 Å². The average Bonchev–Trinajstić information content (AvgIpc) is 3.20. The van der Waals surface area contributed by atoms with Crippen molar-refractivity contribution in [2.24, 2.45) is 4.99 Å². The van der Waals surface area contributed by atoms with E-state index in [4.69, 9.17) is 9.15 Å². The number of rotatable bonds is 2. The summed E-state index contributed by atoms with van der Waals surface area (Å²) in [5.41, 5.74) is -3.25. The fraction of sp³-hybridized carbons (Fsp3) is 0.435. The van der Waals surface area contributed by atoms with Crippen LogP contribution in [0.5, 0.6) is 0 Å². The van der Waals surface area contributed by atoms with Gasteiger partial charge >= 0.3 is 6.03 Å². The maximum Gasteiger partial charge on any atom is 0.333 e. The SMILES string of the molecule is CN1C(=O)N(C)C(=O)C(O)(C2OC(=NC3CCCCC3)c3oc4ccccc4c(=O)c32)C1=O. The van der Waals surface area contributed by atoms with Gasteiger partial charge in [0.25, 0.3) is 23.3 Å². The van der Waals surface area contributed by atoms with Crippen molar-refractivity contribution < 1.29 is 28.6 Å². The number of barbiturate groups is 1. The van der Waals surface area contributed by atoms with Crippen molar-refractivity contribution in [1.82, 2.24) is 9.80 Å². The van der Waals surface area contributed by atoms with Gasteiger partial charge < -0.3 is 14.3 Å². The number of nitrogens with zero attached hydrogens (tertiary/aromatic N) is 3. The number of carbonyl (C=O) groups excluding carboxylic acids is 3.